The largest absolute Gasteiger partial charge is 0.489 e. The van der Waals surface area contributed by atoms with Crippen LogP contribution in [-0.4, -0.2) is 92.3 Å². The van der Waals surface area contributed by atoms with Crippen LogP contribution in [0.15, 0.2) is 53.6 Å². The van der Waals surface area contributed by atoms with E-state index >= 15 is 0 Å². The molecule has 3 aliphatic rings. The molecule has 1 amide bonds. The van der Waals surface area contributed by atoms with Gasteiger partial charge in [0.25, 0.3) is 5.91 Å². The number of aromatic nitrogens is 2. The highest BCUT2D eigenvalue weighted by Gasteiger charge is 2.27. The maximum Gasteiger partial charge on any atom is 0.318 e. The molecule has 3 aromatic rings. The van der Waals surface area contributed by atoms with Gasteiger partial charge < -0.3 is 35.7 Å². The van der Waals surface area contributed by atoms with Gasteiger partial charge in [0, 0.05) is 24.2 Å². The summed E-state index contributed by atoms with van der Waals surface area (Å²) in [5.41, 5.74) is 8.00. The normalized spacial score (nSPS) is 18.2. The van der Waals surface area contributed by atoms with Gasteiger partial charge in [0.15, 0.2) is 11.5 Å². The molecule has 14 nitrogen and oxygen atoms in total. The fourth-order valence-electron chi connectivity index (χ4n) is 5.06. The van der Waals surface area contributed by atoms with E-state index in [1.807, 2.05) is 12.1 Å². The molecular weight excluding hydrogens is 616 g/mol. The van der Waals surface area contributed by atoms with Gasteiger partial charge in [-0.15, -0.1) is 0 Å². The zero-order chi connectivity index (χ0) is 32.5. The smallest absolute Gasteiger partial charge is 0.318 e. The van der Waals surface area contributed by atoms with Crippen molar-refractivity contribution in [2.24, 2.45) is 5.92 Å². The number of anilines is 2. The highest BCUT2D eigenvalue weighted by molar-refractivity contribution is 7.89. The Morgan fingerprint density at radius 1 is 1.07 bits per heavy atom. The summed E-state index contributed by atoms with van der Waals surface area (Å²) in [5, 5.41) is 15.7. The molecule has 5 N–H and O–H groups in total. The number of carbonyl (C=O) groups is 2. The van der Waals surface area contributed by atoms with Crippen molar-refractivity contribution in [3.63, 3.8) is 0 Å². The van der Waals surface area contributed by atoms with Crippen LogP contribution in [0, 0.1) is 5.92 Å². The van der Waals surface area contributed by atoms with Crippen LogP contribution in [0.4, 0.5) is 11.5 Å². The van der Waals surface area contributed by atoms with Gasteiger partial charge in [-0.05, 0) is 43.5 Å². The minimum absolute atomic E-state index is 0.0292. The number of nitrogens with two attached hydrogens (primary N) is 1. The number of benzene rings is 2. The second kappa shape index (κ2) is 15.4. The Labute approximate surface area is 267 Å². The summed E-state index contributed by atoms with van der Waals surface area (Å²) in [5.74, 6) is -0.818. The third kappa shape index (κ3) is 8.35. The highest BCUT2D eigenvalue weighted by Crippen LogP contribution is 2.31. The van der Waals surface area contributed by atoms with E-state index in [2.05, 4.69) is 20.6 Å². The standard InChI is InChI=1S/C31H38N6O8S/c32-30-28-31(40)36-25-6-2-5-23(18-33-17-21-3-1-4-21)29(25)45-16-15-44-14-13-43-12-11-37(20-27(38)39)46(41,42)24-9-7-22(8-10-24)26(35-28)19-34-30/h2,5-10,19,21,33H,1,3-4,11-18,20H2,(H2,32,34)(H,36,40)(H,38,39). The van der Waals surface area contributed by atoms with Crippen molar-refractivity contribution in [1.82, 2.24) is 19.6 Å². The summed E-state index contributed by atoms with van der Waals surface area (Å²) in [7, 11) is -4.17. The van der Waals surface area contributed by atoms with Gasteiger partial charge in [-0.3, -0.25) is 9.59 Å². The number of aliphatic carboxylic acids is 1. The number of sulfonamides is 1. The van der Waals surface area contributed by atoms with Crippen LogP contribution < -0.4 is 21.1 Å². The van der Waals surface area contributed by atoms with Crippen LogP contribution in [-0.2, 0) is 30.8 Å². The third-order valence-corrected chi connectivity index (χ3v) is 9.62. The average Bonchev–Trinajstić information content (AvgIpc) is 3.01. The first-order chi connectivity index (χ1) is 22.2. The maximum atomic E-state index is 13.5. The van der Waals surface area contributed by atoms with Crippen LogP contribution in [0.25, 0.3) is 11.3 Å². The number of nitrogens with zero attached hydrogens (tertiary/aromatic N) is 3. The summed E-state index contributed by atoms with van der Waals surface area (Å²) in [6, 6.07) is 11.2. The number of carbonyl (C=O) groups excluding carboxylic acids is 1. The number of para-hydroxylation sites is 1. The van der Waals surface area contributed by atoms with Gasteiger partial charge in [0.05, 0.1) is 48.9 Å². The molecule has 0 atom stereocenters. The fraction of sp³-hybridized carbons (Fsp3) is 0.419. The second-order valence-corrected chi connectivity index (χ2v) is 12.9. The molecule has 246 valence electrons. The van der Waals surface area contributed by atoms with Crippen LogP contribution in [0.5, 0.6) is 5.75 Å². The fourth-order valence-corrected chi connectivity index (χ4v) is 6.43. The SMILES string of the molecule is Nc1ncc2nc1C(=O)Nc1cccc(CNCC3CCC3)c1OCCOCCOCCN(CC(=O)O)S(=O)(=O)c1ccc-2cc1. The number of hydrogen-bond donors (Lipinski definition) is 4. The van der Waals surface area contributed by atoms with Gasteiger partial charge in [-0.1, -0.05) is 30.7 Å². The molecule has 46 heavy (non-hydrogen) atoms. The lowest BCUT2D eigenvalue weighted by Gasteiger charge is -2.26. The Bertz CT molecular complexity index is 1630. The van der Waals surface area contributed by atoms with E-state index in [9.17, 15) is 23.1 Å². The van der Waals surface area contributed by atoms with Crippen molar-refractivity contribution in [1.29, 1.82) is 0 Å². The molecule has 0 unspecified atom stereocenters. The molecule has 15 heteroatoms. The summed E-state index contributed by atoms with van der Waals surface area (Å²) in [6.07, 6.45) is 5.08. The van der Waals surface area contributed by atoms with Crippen molar-refractivity contribution in [3.8, 4) is 17.0 Å². The molecule has 1 aromatic heterocycles. The van der Waals surface area contributed by atoms with Crippen LogP contribution >= 0.6 is 0 Å². The zero-order valence-corrected chi connectivity index (χ0v) is 26.1. The number of hydrogen-bond acceptors (Lipinski definition) is 11. The van der Waals surface area contributed by atoms with Crippen molar-refractivity contribution < 1.29 is 37.3 Å². The molecule has 3 heterocycles. The quantitative estimate of drug-likeness (QED) is 0.284. The Balaban J connectivity index is 1.43. The number of rotatable bonds is 6. The molecule has 1 saturated carbocycles. The van der Waals surface area contributed by atoms with Gasteiger partial charge in [0.1, 0.15) is 18.9 Å². The molecule has 0 radical (unpaired) electrons. The van der Waals surface area contributed by atoms with Crippen molar-refractivity contribution in [2.45, 2.75) is 30.7 Å². The maximum absolute atomic E-state index is 13.5. The van der Waals surface area contributed by atoms with E-state index < -0.39 is 28.4 Å². The second-order valence-electron chi connectivity index (χ2n) is 11.0. The zero-order valence-electron chi connectivity index (χ0n) is 25.3. The number of nitrogens with one attached hydrogen (secondary N) is 2. The molecule has 2 aliphatic heterocycles. The molecule has 1 fully saturated rings. The molecular formula is C31H38N6O8S. The van der Waals surface area contributed by atoms with E-state index in [-0.39, 0.29) is 61.7 Å². The lowest BCUT2D eigenvalue weighted by atomic mass is 9.85. The van der Waals surface area contributed by atoms with Gasteiger partial charge in [-0.25, -0.2) is 18.4 Å². The van der Waals surface area contributed by atoms with Crippen molar-refractivity contribution >= 4 is 33.4 Å². The highest BCUT2D eigenvalue weighted by atomic mass is 32.2. The average molecular weight is 655 g/mol. The number of nitrogen functional groups attached to an aromatic ring is 1. The first kappa shape index (κ1) is 33.2. The van der Waals surface area contributed by atoms with Crippen LogP contribution in [0.2, 0.25) is 0 Å². The van der Waals surface area contributed by atoms with E-state index in [1.165, 1.54) is 49.7 Å². The van der Waals surface area contributed by atoms with E-state index in [1.54, 1.807) is 6.07 Å². The van der Waals surface area contributed by atoms with E-state index in [4.69, 9.17) is 19.9 Å². The molecule has 1 aliphatic carbocycles. The first-order valence-corrected chi connectivity index (χ1v) is 16.5. The molecule has 2 aromatic carbocycles. The number of carboxylic acid groups (broad SMARTS) is 1. The summed E-state index contributed by atoms with van der Waals surface area (Å²) in [6.45, 7) is 1.29. The monoisotopic (exact) mass is 654 g/mol. The van der Waals surface area contributed by atoms with Gasteiger partial charge in [-0.2, -0.15) is 4.31 Å². The van der Waals surface area contributed by atoms with Gasteiger partial charge >= 0.3 is 5.97 Å². The molecule has 0 spiro atoms. The molecule has 0 saturated heterocycles. The minimum Gasteiger partial charge on any atom is -0.489 e. The third-order valence-electron chi connectivity index (χ3n) is 7.76. The summed E-state index contributed by atoms with van der Waals surface area (Å²) >= 11 is 0. The number of amides is 1. The van der Waals surface area contributed by atoms with Crippen LogP contribution in [0.3, 0.4) is 0 Å². The lowest BCUT2D eigenvalue weighted by Crippen LogP contribution is -2.38. The first-order valence-electron chi connectivity index (χ1n) is 15.1. The predicted octanol–water partition coefficient (Wildman–Crippen LogP) is 2.37. The van der Waals surface area contributed by atoms with E-state index in [0.29, 0.717) is 29.5 Å². The van der Waals surface area contributed by atoms with Crippen molar-refractivity contribution in [3.05, 3.63) is 59.9 Å². The van der Waals surface area contributed by atoms with Gasteiger partial charge in [0.2, 0.25) is 10.0 Å². The number of ether oxygens (including phenoxy) is 3. The molecule has 6 rings (SSSR count). The molecule has 4 bridgehead atoms. The Morgan fingerprint density at radius 2 is 1.80 bits per heavy atom. The Kier molecular flexibility index (Phi) is 11.1. The predicted molar refractivity (Wildman–Crippen MR) is 169 cm³/mol. The summed E-state index contributed by atoms with van der Waals surface area (Å²) < 4.78 is 44.7. The minimum atomic E-state index is -4.17. The topological polar surface area (TPSA) is 195 Å². The van der Waals surface area contributed by atoms with Crippen LogP contribution in [0.1, 0.15) is 35.3 Å². The Hall–Kier alpha value is -4.15. The van der Waals surface area contributed by atoms with Crippen molar-refractivity contribution in [2.75, 3.05) is 63.7 Å². The summed E-state index contributed by atoms with van der Waals surface area (Å²) in [4.78, 5) is 33.4. The lowest BCUT2D eigenvalue weighted by molar-refractivity contribution is -0.137. The Morgan fingerprint density at radius 3 is 2.52 bits per heavy atom. The number of carboxylic acids is 1. The van der Waals surface area contributed by atoms with E-state index in [0.717, 1.165) is 16.4 Å². The number of fused-ring (bicyclic) bond motifs is 13.